The van der Waals surface area contributed by atoms with Crippen LogP contribution in [-0.2, 0) is 6.16 Å². The molecule has 0 unspecified atom stereocenters. The van der Waals surface area contributed by atoms with Crippen molar-refractivity contribution in [2.24, 2.45) is 0 Å². The van der Waals surface area contributed by atoms with E-state index in [1.165, 1.54) is 21.5 Å². The number of rotatable bonds is 5. The normalized spacial score (nSPS) is 10.9. The van der Waals surface area contributed by atoms with Gasteiger partial charge in [0.05, 0.1) is 6.16 Å². The molecule has 0 saturated carbocycles. The van der Waals surface area contributed by atoms with Crippen molar-refractivity contribution in [2.75, 3.05) is 0 Å². The second-order valence-corrected chi connectivity index (χ2v) is 11.0. The van der Waals surface area contributed by atoms with E-state index in [2.05, 4.69) is 131 Å². The predicted molar refractivity (Wildman–Crippen MR) is 133 cm³/mol. The highest BCUT2D eigenvalue weighted by molar-refractivity contribution is 9.10. The van der Waals surface area contributed by atoms with Crippen LogP contribution in [0, 0.1) is 0 Å². The molecule has 0 aliphatic heterocycles. The van der Waals surface area contributed by atoms with Gasteiger partial charge in [-0.2, -0.15) is 0 Å². The molecule has 0 spiro atoms. The van der Waals surface area contributed by atoms with Crippen LogP contribution in [0.25, 0.3) is 0 Å². The Morgan fingerprint density at radius 3 is 1.21 bits per heavy atom. The molecule has 0 N–H and O–H groups in total. The molecule has 0 atom stereocenters. The third-order valence-electron chi connectivity index (χ3n) is 4.92. The van der Waals surface area contributed by atoms with Gasteiger partial charge in [-0.3, -0.25) is 0 Å². The van der Waals surface area contributed by atoms with Gasteiger partial charge in [0.1, 0.15) is 23.2 Å². The lowest BCUT2D eigenvalue weighted by Gasteiger charge is -2.27. The SMILES string of the molecule is Br.Brc1ccc(C[P+](c2ccccc2)(c2ccccc2)c2ccccc2)cc1. The summed E-state index contributed by atoms with van der Waals surface area (Å²) in [7, 11) is -1.81. The van der Waals surface area contributed by atoms with E-state index < -0.39 is 7.26 Å². The van der Waals surface area contributed by atoms with Crippen LogP contribution in [0.1, 0.15) is 5.56 Å². The summed E-state index contributed by atoms with van der Waals surface area (Å²) in [5.74, 6) is 0. The van der Waals surface area contributed by atoms with Crippen molar-refractivity contribution in [1.29, 1.82) is 0 Å². The maximum absolute atomic E-state index is 3.57. The van der Waals surface area contributed by atoms with Gasteiger partial charge >= 0.3 is 0 Å². The molecule has 28 heavy (non-hydrogen) atoms. The first-order valence-electron chi connectivity index (χ1n) is 9.08. The van der Waals surface area contributed by atoms with Crippen LogP contribution in [0.5, 0.6) is 0 Å². The molecule has 4 rings (SSSR count). The number of halogens is 2. The summed E-state index contributed by atoms with van der Waals surface area (Å²) in [6.45, 7) is 0. The van der Waals surface area contributed by atoms with Crippen LogP contribution in [-0.4, -0.2) is 0 Å². The zero-order valence-corrected chi connectivity index (χ0v) is 19.6. The summed E-state index contributed by atoms with van der Waals surface area (Å²) in [6, 6.07) is 41.9. The summed E-state index contributed by atoms with van der Waals surface area (Å²) < 4.78 is 1.12. The van der Waals surface area contributed by atoms with E-state index in [9.17, 15) is 0 Å². The Morgan fingerprint density at radius 1 is 0.500 bits per heavy atom. The van der Waals surface area contributed by atoms with Crippen LogP contribution in [0.2, 0.25) is 0 Å². The summed E-state index contributed by atoms with van der Waals surface area (Å²) >= 11 is 3.57. The van der Waals surface area contributed by atoms with Crippen LogP contribution in [0.4, 0.5) is 0 Å². The first-order valence-corrected chi connectivity index (χ1v) is 11.9. The third kappa shape index (κ3) is 4.30. The predicted octanol–water partition coefficient (Wildman–Crippen LogP) is 6.52. The van der Waals surface area contributed by atoms with Gasteiger partial charge in [0.2, 0.25) is 0 Å². The molecule has 0 heterocycles. The van der Waals surface area contributed by atoms with Crippen molar-refractivity contribution >= 4 is 56.1 Å². The van der Waals surface area contributed by atoms with Crippen LogP contribution in [0.3, 0.4) is 0 Å². The van der Waals surface area contributed by atoms with E-state index in [1.807, 2.05) is 0 Å². The molecule has 0 fully saturated rings. The highest BCUT2D eigenvalue weighted by Gasteiger charge is 2.45. The number of benzene rings is 4. The lowest BCUT2D eigenvalue weighted by molar-refractivity contribution is 1.38. The standard InChI is InChI=1S/C25H21BrP.BrH/c26-22-18-16-21(17-19-22)20-27(23-10-4-1-5-11-23,24-12-6-2-7-13-24)25-14-8-3-9-15-25;/h1-19H,20H2;1H/q+1;. The fourth-order valence-electron chi connectivity index (χ4n) is 3.63. The molecule has 4 aromatic carbocycles. The van der Waals surface area contributed by atoms with Gasteiger partial charge in [-0.05, 0) is 54.1 Å². The zero-order valence-electron chi connectivity index (χ0n) is 15.4. The molecule has 0 amide bonds. The van der Waals surface area contributed by atoms with E-state index in [4.69, 9.17) is 0 Å². The molecule has 4 aromatic rings. The van der Waals surface area contributed by atoms with Gasteiger partial charge in [-0.1, -0.05) is 82.7 Å². The van der Waals surface area contributed by atoms with Gasteiger partial charge in [-0.15, -0.1) is 17.0 Å². The summed E-state index contributed by atoms with van der Waals surface area (Å²) in [4.78, 5) is 0. The fraction of sp³-hybridized carbons (Fsp3) is 0.0400. The average Bonchev–Trinajstić information content (AvgIpc) is 2.75. The maximum Gasteiger partial charge on any atom is 0.116 e. The molecule has 0 nitrogen and oxygen atoms in total. The number of hydrogen-bond acceptors (Lipinski definition) is 0. The quantitative estimate of drug-likeness (QED) is 0.267. The van der Waals surface area contributed by atoms with Gasteiger partial charge in [0, 0.05) is 4.47 Å². The molecule has 3 heteroatoms. The largest absolute Gasteiger partial charge is 0.116 e. The second kappa shape index (κ2) is 9.65. The average molecular weight is 513 g/mol. The summed E-state index contributed by atoms with van der Waals surface area (Å²) in [6.07, 6.45) is 1.01. The van der Waals surface area contributed by atoms with Crippen LogP contribution < -0.4 is 15.9 Å². The van der Waals surface area contributed by atoms with Gasteiger partial charge < -0.3 is 0 Å². The van der Waals surface area contributed by atoms with Crippen molar-refractivity contribution in [2.45, 2.75) is 6.16 Å². The Balaban J connectivity index is 0.00000225. The van der Waals surface area contributed by atoms with Crippen molar-refractivity contribution < 1.29 is 0 Å². The number of hydrogen-bond donors (Lipinski definition) is 0. The molecule has 0 saturated heterocycles. The molecule has 0 aromatic heterocycles. The highest BCUT2D eigenvalue weighted by Crippen LogP contribution is 2.58. The molecule has 140 valence electrons. The lowest BCUT2D eigenvalue weighted by Crippen LogP contribution is -2.32. The minimum Gasteiger partial charge on any atom is -0.114 e. The van der Waals surface area contributed by atoms with Crippen molar-refractivity contribution in [3.63, 3.8) is 0 Å². The highest BCUT2D eigenvalue weighted by atomic mass is 79.9. The van der Waals surface area contributed by atoms with E-state index in [1.54, 1.807) is 0 Å². The van der Waals surface area contributed by atoms with Crippen molar-refractivity contribution in [3.05, 3.63) is 125 Å². The minimum absolute atomic E-state index is 0. The second-order valence-electron chi connectivity index (χ2n) is 6.60. The minimum atomic E-state index is -1.81. The lowest BCUT2D eigenvalue weighted by atomic mass is 10.2. The van der Waals surface area contributed by atoms with Gasteiger partial charge in [-0.25, -0.2) is 0 Å². The molecule has 0 aliphatic carbocycles. The van der Waals surface area contributed by atoms with Crippen LogP contribution in [0.15, 0.2) is 120 Å². The zero-order chi connectivity index (χ0) is 18.5. The first kappa shape index (κ1) is 21.0. The topological polar surface area (TPSA) is 0 Å². The smallest absolute Gasteiger partial charge is 0.114 e. The molecular formula is C25H22Br2P+. The van der Waals surface area contributed by atoms with E-state index >= 15 is 0 Å². The van der Waals surface area contributed by atoms with Crippen LogP contribution >= 0.6 is 40.2 Å². The first-order chi connectivity index (χ1) is 13.3. The van der Waals surface area contributed by atoms with Crippen molar-refractivity contribution in [3.8, 4) is 0 Å². The fourth-order valence-corrected chi connectivity index (χ4v) is 8.14. The third-order valence-corrected chi connectivity index (χ3v) is 9.83. The molecule has 0 bridgehead atoms. The Labute approximate surface area is 186 Å². The Morgan fingerprint density at radius 2 is 0.857 bits per heavy atom. The van der Waals surface area contributed by atoms with E-state index in [0.29, 0.717) is 0 Å². The van der Waals surface area contributed by atoms with Crippen molar-refractivity contribution in [1.82, 2.24) is 0 Å². The van der Waals surface area contributed by atoms with Gasteiger partial charge in [0.15, 0.2) is 0 Å². The molecule has 0 radical (unpaired) electrons. The maximum atomic E-state index is 3.57. The molecular weight excluding hydrogens is 491 g/mol. The monoisotopic (exact) mass is 511 g/mol. The van der Waals surface area contributed by atoms with E-state index in [-0.39, 0.29) is 17.0 Å². The summed E-state index contributed by atoms with van der Waals surface area (Å²) in [5, 5.41) is 4.26. The van der Waals surface area contributed by atoms with E-state index in [0.717, 1.165) is 10.6 Å². The Hall–Kier alpha value is -1.73. The summed E-state index contributed by atoms with van der Waals surface area (Å²) in [5.41, 5.74) is 1.36. The Kier molecular flexibility index (Phi) is 7.24. The molecule has 0 aliphatic rings. The van der Waals surface area contributed by atoms with Gasteiger partial charge in [0.25, 0.3) is 0 Å². The Bertz CT molecular complexity index is 888.